The Morgan fingerprint density at radius 1 is 1.40 bits per heavy atom. The van der Waals surface area contributed by atoms with Crippen molar-refractivity contribution in [2.45, 2.75) is 45.1 Å². The monoisotopic (exact) mass is 214 g/mol. The zero-order chi connectivity index (χ0) is 11.3. The van der Waals surface area contributed by atoms with Crippen LogP contribution in [0.15, 0.2) is 0 Å². The lowest BCUT2D eigenvalue weighted by Crippen LogP contribution is -2.28. The van der Waals surface area contributed by atoms with E-state index in [1.54, 1.807) is 0 Å². The van der Waals surface area contributed by atoms with Crippen molar-refractivity contribution in [3.63, 3.8) is 0 Å². The summed E-state index contributed by atoms with van der Waals surface area (Å²) in [6, 6.07) is 0. The molecule has 1 fully saturated rings. The van der Waals surface area contributed by atoms with Gasteiger partial charge in [0.25, 0.3) is 0 Å². The molecule has 2 atom stereocenters. The van der Waals surface area contributed by atoms with Crippen molar-refractivity contribution in [2.75, 3.05) is 6.61 Å². The SMILES string of the molecule is CC1OCCCC1CC(=O)CCC(=O)O. The number of ketones is 1. The summed E-state index contributed by atoms with van der Waals surface area (Å²) in [5.41, 5.74) is 0. The van der Waals surface area contributed by atoms with E-state index in [9.17, 15) is 9.59 Å². The number of carbonyl (C=O) groups excluding carboxylic acids is 1. The Labute approximate surface area is 89.6 Å². The van der Waals surface area contributed by atoms with Crippen LogP contribution in [0.5, 0.6) is 0 Å². The first-order valence-electron chi connectivity index (χ1n) is 5.44. The minimum atomic E-state index is -0.906. The second-order valence-corrected chi connectivity index (χ2v) is 4.11. The fraction of sp³-hybridized carbons (Fsp3) is 0.818. The summed E-state index contributed by atoms with van der Waals surface area (Å²) in [6.07, 6.45) is 2.71. The molecule has 0 amide bonds. The zero-order valence-corrected chi connectivity index (χ0v) is 9.07. The van der Waals surface area contributed by atoms with E-state index in [0.29, 0.717) is 6.42 Å². The third-order valence-corrected chi connectivity index (χ3v) is 2.87. The lowest BCUT2D eigenvalue weighted by molar-refractivity contribution is -0.138. The topological polar surface area (TPSA) is 63.6 Å². The van der Waals surface area contributed by atoms with E-state index < -0.39 is 5.97 Å². The Hall–Kier alpha value is -0.900. The first-order valence-corrected chi connectivity index (χ1v) is 5.44. The summed E-state index contributed by atoms with van der Waals surface area (Å²) < 4.78 is 5.45. The zero-order valence-electron chi connectivity index (χ0n) is 9.07. The molecular weight excluding hydrogens is 196 g/mol. The minimum Gasteiger partial charge on any atom is -0.481 e. The molecule has 0 aromatic rings. The van der Waals surface area contributed by atoms with Gasteiger partial charge in [-0.25, -0.2) is 0 Å². The molecule has 15 heavy (non-hydrogen) atoms. The van der Waals surface area contributed by atoms with Gasteiger partial charge in [-0.15, -0.1) is 0 Å². The maximum Gasteiger partial charge on any atom is 0.303 e. The number of carbonyl (C=O) groups is 2. The lowest BCUT2D eigenvalue weighted by Gasteiger charge is -2.28. The Kier molecular flexibility index (Phi) is 4.75. The third kappa shape index (κ3) is 4.42. The molecule has 1 heterocycles. The second-order valence-electron chi connectivity index (χ2n) is 4.11. The van der Waals surface area contributed by atoms with Gasteiger partial charge in [-0.05, 0) is 25.7 Å². The molecule has 0 saturated carbocycles. The maximum absolute atomic E-state index is 11.4. The van der Waals surface area contributed by atoms with E-state index in [-0.39, 0.29) is 30.6 Å². The number of rotatable bonds is 5. The smallest absolute Gasteiger partial charge is 0.303 e. The van der Waals surface area contributed by atoms with Crippen LogP contribution in [0.3, 0.4) is 0 Å². The molecule has 1 aliphatic heterocycles. The van der Waals surface area contributed by atoms with Gasteiger partial charge in [-0.3, -0.25) is 9.59 Å². The molecular formula is C11H18O4. The van der Waals surface area contributed by atoms with E-state index in [1.165, 1.54) is 0 Å². The van der Waals surface area contributed by atoms with E-state index in [0.717, 1.165) is 19.4 Å². The largest absolute Gasteiger partial charge is 0.481 e. The van der Waals surface area contributed by atoms with Gasteiger partial charge in [0.15, 0.2) is 0 Å². The standard InChI is InChI=1S/C11H18O4/c1-8-9(3-2-6-15-8)7-10(12)4-5-11(13)14/h8-9H,2-7H2,1H3,(H,13,14). The Morgan fingerprint density at radius 3 is 2.73 bits per heavy atom. The van der Waals surface area contributed by atoms with E-state index in [4.69, 9.17) is 9.84 Å². The minimum absolute atomic E-state index is 0.0414. The number of carboxylic acid groups (broad SMARTS) is 1. The average molecular weight is 214 g/mol. The summed E-state index contributed by atoms with van der Waals surface area (Å²) in [7, 11) is 0. The van der Waals surface area contributed by atoms with Crippen molar-refractivity contribution in [2.24, 2.45) is 5.92 Å². The maximum atomic E-state index is 11.4. The first-order chi connectivity index (χ1) is 7.09. The molecule has 0 radical (unpaired) electrons. The number of ether oxygens (including phenoxy) is 1. The lowest BCUT2D eigenvalue weighted by atomic mass is 9.89. The van der Waals surface area contributed by atoms with Crippen LogP contribution in [0.2, 0.25) is 0 Å². The van der Waals surface area contributed by atoms with Gasteiger partial charge in [0.05, 0.1) is 12.5 Å². The van der Waals surface area contributed by atoms with Gasteiger partial charge in [0, 0.05) is 19.4 Å². The highest BCUT2D eigenvalue weighted by molar-refractivity contribution is 5.82. The Morgan fingerprint density at radius 2 is 2.13 bits per heavy atom. The molecule has 86 valence electrons. The van der Waals surface area contributed by atoms with Gasteiger partial charge in [-0.1, -0.05) is 0 Å². The average Bonchev–Trinajstić information content (AvgIpc) is 2.18. The summed E-state index contributed by atoms with van der Waals surface area (Å²) >= 11 is 0. The van der Waals surface area contributed by atoms with Gasteiger partial charge in [0.1, 0.15) is 5.78 Å². The van der Waals surface area contributed by atoms with Gasteiger partial charge in [0.2, 0.25) is 0 Å². The fourth-order valence-corrected chi connectivity index (χ4v) is 1.89. The van der Waals surface area contributed by atoms with Crippen LogP contribution >= 0.6 is 0 Å². The van der Waals surface area contributed by atoms with Crippen LogP contribution in [0.25, 0.3) is 0 Å². The third-order valence-electron chi connectivity index (χ3n) is 2.87. The van der Waals surface area contributed by atoms with Gasteiger partial charge in [-0.2, -0.15) is 0 Å². The molecule has 0 spiro atoms. The predicted octanol–water partition coefficient (Wildman–Crippen LogP) is 1.63. The fourth-order valence-electron chi connectivity index (χ4n) is 1.89. The molecule has 0 aliphatic carbocycles. The Bertz CT molecular complexity index is 237. The number of hydrogen-bond donors (Lipinski definition) is 1. The number of Topliss-reactive ketones (excluding diaryl/α,β-unsaturated/α-hetero) is 1. The molecule has 1 N–H and O–H groups in total. The highest BCUT2D eigenvalue weighted by Crippen LogP contribution is 2.24. The highest BCUT2D eigenvalue weighted by atomic mass is 16.5. The van der Waals surface area contributed by atoms with Crippen molar-refractivity contribution in [3.8, 4) is 0 Å². The van der Waals surface area contributed by atoms with Crippen molar-refractivity contribution in [1.29, 1.82) is 0 Å². The summed E-state index contributed by atoms with van der Waals surface area (Å²) in [5.74, 6) is -0.587. The molecule has 0 bridgehead atoms. The summed E-state index contributed by atoms with van der Waals surface area (Å²) in [6.45, 7) is 2.76. The molecule has 1 rings (SSSR count). The predicted molar refractivity (Wildman–Crippen MR) is 54.6 cm³/mol. The van der Waals surface area contributed by atoms with Crippen molar-refractivity contribution < 1.29 is 19.4 Å². The van der Waals surface area contributed by atoms with Crippen molar-refractivity contribution in [1.82, 2.24) is 0 Å². The van der Waals surface area contributed by atoms with Crippen molar-refractivity contribution >= 4 is 11.8 Å². The van der Waals surface area contributed by atoms with Gasteiger partial charge >= 0.3 is 5.97 Å². The van der Waals surface area contributed by atoms with E-state index in [1.807, 2.05) is 6.92 Å². The Balaban J connectivity index is 2.26. The van der Waals surface area contributed by atoms with Crippen molar-refractivity contribution in [3.05, 3.63) is 0 Å². The quantitative estimate of drug-likeness (QED) is 0.755. The number of carboxylic acids is 1. The van der Waals surface area contributed by atoms with Crippen LogP contribution < -0.4 is 0 Å². The summed E-state index contributed by atoms with van der Waals surface area (Å²) in [5, 5.41) is 8.44. The number of aliphatic carboxylic acids is 1. The molecule has 1 aliphatic rings. The summed E-state index contributed by atoms with van der Waals surface area (Å²) in [4.78, 5) is 21.7. The van der Waals surface area contributed by atoms with Gasteiger partial charge < -0.3 is 9.84 Å². The molecule has 4 nitrogen and oxygen atoms in total. The molecule has 0 aromatic carbocycles. The van der Waals surface area contributed by atoms with E-state index >= 15 is 0 Å². The van der Waals surface area contributed by atoms with Crippen LogP contribution in [0, 0.1) is 5.92 Å². The number of hydrogen-bond acceptors (Lipinski definition) is 3. The van der Waals surface area contributed by atoms with Crippen LogP contribution in [-0.2, 0) is 14.3 Å². The van der Waals surface area contributed by atoms with Crippen LogP contribution in [0.1, 0.15) is 39.0 Å². The second kappa shape index (κ2) is 5.85. The molecule has 4 heteroatoms. The first kappa shape index (κ1) is 12.2. The normalized spacial score (nSPS) is 26.2. The molecule has 0 aromatic heterocycles. The van der Waals surface area contributed by atoms with Crippen LogP contribution in [0.4, 0.5) is 0 Å². The van der Waals surface area contributed by atoms with Crippen LogP contribution in [-0.4, -0.2) is 29.6 Å². The highest BCUT2D eigenvalue weighted by Gasteiger charge is 2.24. The molecule has 1 saturated heterocycles. The van der Waals surface area contributed by atoms with E-state index in [2.05, 4.69) is 0 Å². The molecule has 2 unspecified atom stereocenters.